The number of hydrogen-bond acceptors (Lipinski definition) is 2. The van der Waals surface area contributed by atoms with E-state index < -0.39 is 0 Å². The number of nitrogens with two attached hydrogens (primary N) is 1. The number of benzene rings is 1. The van der Waals surface area contributed by atoms with E-state index in [4.69, 9.17) is 5.73 Å². The van der Waals surface area contributed by atoms with Gasteiger partial charge in [0.15, 0.2) is 0 Å². The first-order valence-electron chi connectivity index (χ1n) is 4.72. The van der Waals surface area contributed by atoms with Crippen LogP contribution in [0.5, 0.6) is 0 Å². The Morgan fingerprint density at radius 3 is 2.93 bits per heavy atom. The van der Waals surface area contributed by atoms with E-state index in [1.165, 1.54) is 12.1 Å². The molecule has 0 saturated heterocycles. The Labute approximate surface area is 82.6 Å². The zero-order valence-electron chi connectivity index (χ0n) is 7.89. The Balaban J connectivity index is 2.39. The number of halogens is 1. The van der Waals surface area contributed by atoms with Crippen LogP contribution in [-0.4, -0.2) is 13.1 Å². The predicted octanol–water partition coefficient (Wildman–Crippen LogP) is 1.78. The van der Waals surface area contributed by atoms with Crippen molar-refractivity contribution in [2.24, 2.45) is 0 Å². The number of nitrogens with one attached hydrogen (secondary N) is 1. The van der Waals surface area contributed by atoms with Gasteiger partial charge in [-0.05, 0) is 36.7 Å². The molecule has 1 aromatic rings. The highest BCUT2D eigenvalue weighted by Gasteiger charge is 2.09. The number of hydrogen-bond donors (Lipinski definition) is 2. The van der Waals surface area contributed by atoms with Gasteiger partial charge in [-0.3, -0.25) is 0 Å². The molecule has 1 heterocycles. The summed E-state index contributed by atoms with van der Waals surface area (Å²) in [5.74, 6) is -0.228. The molecule has 0 bridgehead atoms. The van der Waals surface area contributed by atoms with E-state index >= 15 is 0 Å². The molecule has 0 aromatic heterocycles. The quantitative estimate of drug-likeness (QED) is 0.666. The van der Waals surface area contributed by atoms with E-state index in [1.807, 2.05) is 0 Å². The van der Waals surface area contributed by atoms with Crippen LogP contribution in [0.25, 0.3) is 5.57 Å². The van der Waals surface area contributed by atoms with Crippen molar-refractivity contribution in [2.45, 2.75) is 6.42 Å². The smallest absolute Gasteiger partial charge is 0.123 e. The molecule has 3 heteroatoms. The molecule has 0 amide bonds. The molecule has 0 atom stereocenters. The van der Waals surface area contributed by atoms with Crippen LogP contribution in [0.1, 0.15) is 12.0 Å². The minimum atomic E-state index is -0.228. The minimum Gasteiger partial charge on any atom is -0.398 e. The molecule has 1 aromatic carbocycles. The summed E-state index contributed by atoms with van der Waals surface area (Å²) in [6.45, 7) is 1.77. The Bertz CT molecular complexity index is 372. The Morgan fingerprint density at radius 1 is 1.36 bits per heavy atom. The van der Waals surface area contributed by atoms with Crippen LogP contribution >= 0.6 is 0 Å². The van der Waals surface area contributed by atoms with Crippen molar-refractivity contribution in [2.75, 3.05) is 18.8 Å². The van der Waals surface area contributed by atoms with Gasteiger partial charge in [-0.15, -0.1) is 0 Å². The molecule has 1 aliphatic rings. The molecule has 0 saturated carbocycles. The second-order valence-electron chi connectivity index (χ2n) is 3.42. The van der Waals surface area contributed by atoms with Crippen LogP contribution in [0.15, 0.2) is 24.3 Å². The Morgan fingerprint density at radius 2 is 2.21 bits per heavy atom. The summed E-state index contributed by atoms with van der Waals surface area (Å²) in [7, 11) is 0. The highest BCUT2D eigenvalue weighted by molar-refractivity contribution is 5.75. The zero-order chi connectivity index (χ0) is 9.97. The Kier molecular flexibility index (Phi) is 2.50. The summed E-state index contributed by atoms with van der Waals surface area (Å²) in [5.41, 5.74) is 8.42. The molecule has 74 valence electrons. The molecule has 2 nitrogen and oxygen atoms in total. The highest BCUT2D eigenvalue weighted by atomic mass is 19.1. The molecule has 0 radical (unpaired) electrons. The molecular formula is C11H13FN2. The topological polar surface area (TPSA) is 38.0 Å². The summed E-state index contributed by atoms with van der Waals surface area (Å²) in [6.07, 6.45) is 2.97. The van der Waals surface area contributed by atoms with Crippen LogP contribution in [0.4, 0.5) is 10.1 Å². The number of nitrogen functional groups attached to an aromatic ring is 1. The SMILES string of the molecule is Nc1ccc(F)cc1C1=CCNCC1. The monoisotopic (exact) mass is 192 g/mol. The van der Waals surface area contributed by atoms with Crippen LogP contribution in [0.3, 0.4) is 0 Å². The lowest BCUT2D eigenvalue weighted by atomic mass is 9.99. The van der Waals surface area contributed by atoms with Gasteiger partial charge in [-0.1, -0.05) is 6.08 Å². The lowest BCUT2D eigenvalue weighted by Crippen LogP contribution is -2.20. The largest absolute Gasteiger partial charge is 0.398 e. The van der Waals surface area contributed by atoms with Crippen LogP contribution in [0, 0.1) is 5.82 Å². The maximum absolute atomic E-state index is 13.0. The zero-order valence-corrected chi connectivity index (χ0v) is 7.89. The second kappa shape index (κ2) is 3.80. The van der Waals surface area contributed by atoms with Crippen molar-refractivity contribution < 1.29 is 4.39 Å². The fourth-order valence-corrected chi connectivity index (χ4v) is 1.67. The van der Waals surface area contributed by atoms with Gasteiger partial charge in [0.25, 0.3) is 0 Å². The third kappa shape index (κ3) is 1.77. The molecule has 0 fully saturated rings. The summed E-state index contributed by atoms with van der Waals surface area (Å²) in [4.78, 5) is 0. The Hall–Kier alpha value is -1.35. The molecule has 0 aliphatic carbocycles. The van der Waals surface area contributed by atoms with Gasteiger partial charge >= 0.3 is 0 Å². The maximum atomic E-state index is 13.0. The summed E-state index contributed by atoms with van der Waals surface area (Å²) < 4.78 is 13.0. The minimum absolute atomic E-state index is 0.228. The molecule has 3 N–H and O–H groups in total. The predicted molar refractivity (Wildman–Crippen MR) is 56.3 cm³/mol. The fraction of sp³-hybridized carbons (Fsp3) is 0.273. The van der Waals surface area contributed by atoms with Gasteiger partial charge in [0.1, 0.15) is 5.82 Å². The van der Waals surface area contributed by atoms with Gasteiger partial charge < -0.3 is 11.1 Å². The van der Waals surface area contributed by atoms with Gasteiger partial charge in [-0.25, -0.2) is 4.39 Å². The van der Waals surface area contributed by atoms with E-state index in [1.54, 1.807) is 6.07 Å². The van der Waals surface area contributed by atoms with Gasteiger partial charge in [0.05, 0.1) is 0 Å². The first-order valence-corrected chi connectivity index (χ1v) is 4.72. The first kappa shape index (κ1) is 9.21. The van der Waals surface area contributed by atoms with E-state index in [2.05, 4.69) is 11.4 Å². The molecule has 0 unspecified atom stereocenters. The van der Waals surface area contributed by atoms with Crippen LogP contribution in [0.2, 0.25) is 0 Å². The van der Waals surface area contributed by atoms with E-state index in [0.29, 0.717) is 5.69 Å². The lowest BCUT2D eigenvalue weighted by molar-refractivity contribution is 0.627. The lowest BCUT2D eigenvalue weighted by Gasteiger charge is -2.15. The van der Waals surface area contributed by atoms with E-state index in [-0.39, 0.29) is 5.82 Å². The van der Waals surface area contributed by atoms with E-state index in [9.17, 15) is 4.39 Å². The third-order valence-electron chi connectivity index (χ3n) is 2.43. The van der Waals surface area contributed by atoms with Gasteiger partial charge in [0.2, 0.25) is 0 Å². The van der Waals surface area contributed by atoms with Crippen molar-refractivity contribution in [1.82, 2.24) is 5.32 Å². The average Bonchev–Trinajstić information content (AvgIpc) is 2.23. The van der Waals surface area contributed by atoms with Crippen molar-refractivity contribution >= 4 is 11.3 Å². The molecule has 14 heavy (non-hydrogen) atoms. The number of anilines is 1. The second-order valence-corrected chi connectivity index (χ2v) is 3.42. The number of rotatable bonds is 1. The third-order valence-corrected chi connectivity index (χ3v) is 2.43. The molecule has 1 aliphatic heterocycles. The van der Waals surface area contributed by atoms with Crippen molar-refractivity contribution in [3.8, 4) is 0 Å². The van der Waals surface area contributed by atoms with E-state index in [0.717, 1.165) is 30.6 Å². The van der Waals surface area contributed by atoms with Gasteiger partial charge in [0, 0.05) is 17.8 Å². The molecule has 0 spiro atoms. The molecular weight excluding hydrogens is 179 g/mol. The first-order chi connectivity index (χ1) is 6.77. The fourth-order valence-electron chi connectivity index (χ4n) is 1.67. The van der Waals surface area contributed by atoms with Crippen LogP contribution < -0.4 is 11.1 Å². The van der Waals surface area contributed by atoms with Crippen LogP contribution in [-0.2, 0) is 0 Å². The van der Waals surface area contributed by atoms with Gasteiger partial charge in [-0.2, -0.15) is 0 Å². The molecule has 2 rings (SSSR count). The maximum Gasteiger partial charge on any atom is 0.123 e. The normalized spacial score (nSPS) is 16.5. The summed E-state index contributed by atoms with van der Waals surface area (Å²) in [5, 5.41) is 3.21. The summed E-state index contributed by atoms with van der Waals surface area (Å²) >= 11 is 0. The highest BCUT2D eigenvalue weighted by Crippen LogP contribution is 2.25. The van der Waals surface area contributed by atoms with Crippen molar-refractivity contribution in [3.63, 3.8) is 0 Å². The average molecular weight is 192 g/mol. The summed E-state index contributed by atoms with van der Waals surface area (Å²) in [6, 6.07) is 4.51. The van der Waals surface area contributed by atoms with Crippen molar-refractivity contribution in [1.29, 1.82) is 0 Å². The van der Waals surface area contributed by atoms with Crippen molar-refractivity contribution in [3.05, 3.63) is 35.7 Å². The standard InChI is InChI=1S/C11H13FN2/c12-9-1-2-11(13)10(7-9)8-3-5-14-6-4-8/h1-3,7,14H,4-6,13H2.